The van der Waals surface area contributed by atoms with E-state index in [4.69, 9.17) is 4.74 Å². The number of hydrogen-bond donors (Lipinski definition) is 2. The van der Waals surface area contributed by atoms with Crippen LogP contribution in [0.2, 0.25) is 0 Å². The molecule has 1 aliphatic carbocycles. The van der Waals surface area contributed by atoms with E-state index in [1.54, 1.807) is 0 Å². The van der Waals surface area contributed by atoms with E-state index in [0.717, 1.165) is 12.3 Å². The van der Waals surface area contributed by atoms with Crippen LogP contribution in [0.4, 0.5) is 5.82 Å². The van der Waals surface area contributed by atoms with Gasteiger partial charge in [0.2, 0.25) is 5.75 Å². The molecule has 1 aliphatic rings. The Morgan fingerprint density at radius 3 is 3.06 bits per heavy atom. The van der Waals surface area contributed by atoms with Gasteiger partial charge in [0, 0.05) is 6.04 Å². The van der Waals surface area contributed by atoms with E-state index in [0.29, 0.717) is 11.9 Å². The van der Waals surface area contributed by atoms with Gasteiger partial charge in [-0.05, 0) is 19.3 Å². The molecule has 1 saturated carbocycles. The number of methoxy groups -OCH3 is 1. The topological polar surface area (TPSA) is 67.0 Å². The van der Waals surface area contributed by atoms with Crippen molar-refractivity contribution in [3.63, 3.8) is 0 Å². The molecule has 0 aromatic carbocycles. The van der Waals surface area contributed by atoms with Crippen molar-refractivity contribution in [2.75, 3.05) is 12.4 Å². The van der Waals surface area contributed by atoms with E-state index in [2.05, 4.69) is 22.2 Å². The van der Waals surface area contributed by atoms with E-state index < -0.39 is 0 Å². The standard InChI is InChI=1S/C11H17N3O2/c1-7(5-8-3-4-8)14-10-9(16-2)11(15)13-6-12-10/h6-8H,3-5H2,1-2H3,(H2,12,13,14,15). The first-order chi connectivity index (χ1) is 7.70. The third kappa shape index (κ3) is 2.53. The molecule has 0 amide bonds. The normalized spacial score (nSPS) is 16.9. The molecule has 1 atom stereocenters. The van der Waals surface area contributed by atoms with Crippen LogP contribution in [0.5, 0.6) is 5.75 Å². The minimum Gasteiger partial charge on any atom is -0.489 e. The molecule has 1 aromatic heterocycles. The molecule has 0 radical (unpaired) electrons. The number of ether oxygens (including phenoxy) is 1. The summed E-state index contributed by atoms with van der Waals surface area (Å²) in [5, 5.41) is 3.22. The van der Waals surface area contributed by atoms with Gasteiger partial charge in [-0.15, -0.1) is 0 Å². The van der Waals surface area contributed by atoms with Gasteiger partial charge < -0.3 is 15.0 Å². The third-order valence-corrected chi connectivity index (χ3v) is 2.78. The molecule has 2 rings (SSSR count). The quantitative estimate of drug-likeness (QED) is 0.791. The van der Waals surface area contributed by atoms with Crippen LogP contribution >= 0.6 is 0 Å². The second kappa shape index (κ2) is 4.55. The summed E-state index contributed by atoms with van der Waals surface area (Å²) >= 11 is 0. The van der Waals surface area contributed by atoms with Gasteiger partial charge in [0.15, 0.2) is 5.82 Å². The summed E-state index contributed by atoms with van der Waals surface area (Å²) in [5.74, 6) is 1.63. The van der Waals surface area contributed by atoms with Crippen LogP contribution in [-0.2, 0) is 0 Å². The molecule has 0 bridgehead atoms. The molecule has 5 heteroatoms. The second-order valence-corrected chi connectivity index (χ2v) is 4.34. The third-order valence-electron chi connectivity index (χ3n) is 2.78. The van der Waals surface area contributed by atoms with E-state index in [1.807, 2.05) is 0 Å². The molecule has 2 N–H and O–H groups in total. The summed E-state index contributed by atoms with van der Waals surface area (Å²) in [6.07, 6.45) is 5.16. The summed E-state index contributed by atoms with van der Waals surface area (Å²) in [4.78, 5) is 18.0. The van der Waals surface area contributed by atoms with Crippen molar-refractivity contribution >= 4 is 5.82 Å². The highest BCUT2D eigenvalue weighted by Crippen LogP contribution is 2.34. The number of rotatable bonds is 5. The number of H-pyrrole nitrogens is 1. The lowest BCUT2D eigenvalue weighted by Crippen LogP contribution is -2.20. The van der Waals surface area contributed by atoms with Crippen LogP contribution in [0.3, 0.4) is 0 Å². The van der Waals surface area contributed by atoms with E-state index >= 15 is 0 Å². The van der Waals surface area contributed by atoms with Crippen molar-refractivity contribution in [1.29, 1.82) is 0 Å². The van der Waals surface area contributed by atoms with Gasteiger partial charge in [-0.3, -0.25) is 4.79 Å². The van der Waals surface area contributed by atoms with Gasteiger partial charge in [-0.2, -0.15) is 0 Å². The molecular formula is C11H17N3O2. The van der Waals surface area contributed by atoms with Gasteiger partial charge in [-0.1, -0.05) is 12.8 Å². The minimum absolute atomic E-state index is 0.251. The molecule has 1 aromatic rings. The minimum atomic E-state index is -0.251. The Bertz CT molecular complexity index is 412. The first-order valence-electron chi connectivity index (χ1n) is 5.59. The van der Waals surface area contributed by atoms with Crippen molar-refractivity contribution in [2.45, 2.75) is 32.2 Å². The van der Waals surface area contributed by atoms with Crippen molar-refractivity contribution in [3.05, 3.63) is 16.7 Å². The van der Waals surface area contributed by atoms with Gasteiger partial charge in [0.25, 0.3) is 5.56 Å². The molecular weight excluding hydrogens is 206 g/mol. The Balaban J connectivity index is 2.07. The summed E-state index contributed by atoms with van der Waals surface area (Å²) in [5.41, 5.74) is -0.251. The van der Waals surface area contributed by atoms with E-state index in [-0.39, 0.29) is 11.3 Å². The SMILES string of the molecule is COc1c(NC(C)CC2CC2)nc[nH]c1=O. The number of nitrogens with one attached hydrogen (secondary N) is 2. The maximum Gasteiger partial charge on any atom is 0.295 e. The molecule has 1 heterocycles. The first kappa shape index (κ1) is 11.0. The Morgan fingerprint density at radius 2 is 2.44 bits per heavy atom. The van der Waals surface area contributed by atoms with Crippen molar-refractivity contribution in [3.8, 4) is 5.75 Å². The smallest absolute Gasteiger partial charge is 0.295 e. The molecule has 0 saturated heterocycles. The zero-order valence-electron chi connectivity index (χ0n) is 9.62. The Labute approximate surface area is 94.2 Å². The van der Waals surface area contributed by atoms with Crippen LogP contribution in [0.1, 0.15) is 26.2 Å². The molecule has 1 unspecified atom stereocenters. The van der Waals surface area contributed by atoms with Crippen molar-refractivity contribution in [1.82, 2.24) is 9.97 Å². The van der Waals surface area contributed by atoms with Gasteiger partial charge in [-0.25, -0.2) is 4.98 Å². The lowest BCUT2D eigenvalue weighted by Gasteiger charge is -2.15. The van der Waals surface area contributed by atoms with Crippen molar-refractivity contribution in [2.24, 2.45) is 5.92 Å². The first-order valence-corrected chi connectivity index (χ1v) is 5.59. The maximum absolute atomic E-state index is 11.4. The summed E-state index contributed by atoms with van der Waals surface area (Å²) < 4.78 is 5.03. The van der Waals surface area contributed by atoms with Crippen molar-refractivity contribution < 1.29 is 4.74 Å². The molecule has 0 spiro atoms. The molecule has 5 nitrogen and oxygen atoms in total. The van der Waals surface area contributed by atoms with E-state index in [9.17, 15) is 4.79 Å². The predicted molar refractivity (Wildman–Crippen MR) is 61.8 cm³/mol. The average molecular weight is 223 g/mol. The number of hydrogen-bond acceptors (Lipinski definition) is 4. The monoisotopic (exact) mass is 223 g/mol. The molecule has 0 aliphatic heterocycles. The largest absolute Gasteiger partial charge is 0.489 e. The van der Waals surface area contributed by atoms with Crippen LogP contribution in [-0.4, -0.2) is 23.1 Å². The molecule has 16 heavy (non-hydrogen) atoms. The van der Waals surface area contributed by atoms with Gasteiger partial charge in [0.1, 0.15) is 0 Å². The lowest BCUT2D eigenvalue weighted by molar-refractivity contribution is 0.407. The fourth-order valence-corrected chi connectivity index (χ4v) is 1.83. The summed E-state index contributed by atoms with van der Waals surface area (Å²) in [6, 6.07) is 0.315. The number of anilines is 1. The predicted octanol–water partition coefficient (Wildman–Crippen LogP) is 1.38. The van der Waals surface area contributed by atoms with Gasteiger partial charge in [0.05, 0.1) is 13.4 Å². The number of aromatic nitrogens is 2. The average Bonchev–Trinajstić information content (AvgIpc) is 3.02. The van der Waals surface area contributed by atoms with Crippen LogP contribution in [0.25, 0.3) is 0 Å². The second-order valence-electron chi connectivity index (χ2n) is 4.34. The van der Waals surface area contributed by atoms with Crippen LogP contribution < -0.4 is 15.6 Å². The van der Waals surface area contributed by atoms with Crippen LogP contribution in [0, 0.1) is 5.92 Å². The fourth-order valence-electron chi connectivity index (χ4n) is 1.83. The van der Waals surface area contributed by atoms with E-state index in [1.165, 1.54) is 26.3 Å². The number of nitrogens with zero attached hydrogens (tertiary/aromatic N) is 1. The lowest BCUT2D eigenvalue weighted by atomic mass is 10.1. The molecule has 1 fully saturated rings. The van der Waals surface area contributed by atoms with Gasteiger partial charge >= 0.3 is 0 Å². The number of aromatic amines is 1. The Hall–Kier alpha value is -1.52. The fraction of sp³-hybridized carbons (Fsp3) is 0.636. The Kier molecular flexibility index (Phi) is 3.12. The summed E-state index contributed by atoms with van der Waals surface area (Å²) in [6.45, 7) is 2.10. The zero-order valence-corrected chi connectivity index (χ0v) is 9.62. The van der Waals surface area contributed by atoms with Crippen LogP contribution in [0.15, 0.2) is 11.1 Å². The zero-order chi connectivity index (χ0) is 11.5. The highest BCUT2D eigenvalue weighted by atomic mass is 16.5. The Morgan fingerprint density at radius 1 is 1.69 bits per heavy atom. The maximum atomic E-state index is 11.4. The summed E-state index contributed by atoms with van der Waals surface area (Å²) in [7, 11) is 1.48. The highest BCUT2D eigenvalue weighted by Gasteiger charge is 2.24. The molecule has 88 valence electrons. The highest BCUT2D eigenvalue weighted by molar-refractivity contribution is 5.48.